The zero-order valence-corrected chi connectivity index (χ0v) is 13.2. The smallest absolute Gasteiger partial charge is 0.0753 e. The van der Waals surface area contributed by atoms with E-state index in [-0.39, 0.29) is 6.10 Å². The van der Waals surface area contributed by atoms with Crippen LogP contribution >= 0.6 is 0 Å². The Hall–Kier alpha value is -1.09. The van der Waals surface area contributed by atoms with E-state index in [0.29, 0.717) is 0 Å². The molecule has 1 aromatic heterocycles. The van der Waals surface area contributed by atoms with Crippen molar-refractivity contribution in [1.82, 2.24) is 9.78 Å². The maximum Gasteiger partial charge on any atom is 0.0753 e. The van der Waals surface area contributed by atoms with Crippen molar-refractivity contribution in [2.75, 3.05) is 0 Å². The summed E-state index contributed by atoms with van der Waals surface area (Å²) in [7, 11) is 1.99. The molecule has 1 aromatic rings. The third-order valence-corrected chi connectivity index (χ3v) is 4.58. The minimum absolute atomic E-state index is 0.271. The lowest BCUT2D eigenvalue weighted by Gasteiger charge is -2.17. The van der Waals surface area contributed by atoms with E-state index in [1.165, 1.54) is 42.5 Å². The first kappa shape index (κ1) is 15.3. The topological polar surface area (TPSA) is 38.0 Å². The van der Waals surface area contributed by atoms with Crippen molar-refractivity contribution >= 4 is 0 Å². The van der Waals surface area contributed by atoms with Gasteiger partial charge in [-0.25, -0.2) is 0 Å². The van der Waals surface area contributed by atoms with Gasteiger partial charge in [-0.15, -0.1) is 0 Å². The van der Waals surface area contributed by atoms with Gasteiger partial charge >= 0.3 is 0 Å². The number of rotatable bonds is 4. The van der Waals surface area contributed by atoms with Gasteiger partial charge in [-0.05, 0) is 63.5 Å². The second-order valence-corrected chi connectivity index (χ2v) is 6.06. The Kier molecular flexibility index (Phi) is 5.41. The van der Waals surface area contributed by atoms with Crippen molar-refractivity contribution in [3.05, 3.63) is 28.6 Å². The van der Waals surface area contributed by atoms with E-state index in [1.807, 2.05) is 11.7 Å². The Balaban J connectivity index is 1.95. The molecule has 3 heteroatoms. The van der Waals surface area contributed by atoms with Crippen LogP contribution in [0.15, 0.2) is 11.6 Å². The zero-order valence-electron chi connectivity index (χ0n) is 13.2. The maximum atomic E-state index is 10.4. The number of aromatic nitrogens is 2. The lowest BCUT2D eigenvalue weighted by atomic mass is 9.93. The normalized spacial score (nSPS) is 18.3. The molecule has 1 aliphatic rings. The molecule has 0 spiro atoms. The summed E-state index contributed by atoms with van der Waals surface area (Å²) in [6.45, 7) is 4.17. The molecule has 112 valence electrons. The standard InChI is InChI=1S/C17H28N2O/c1-13-16(14(2)19(3)18-13)11-12-17(20)15-9-7-5-4-6-8-10-15/h9,17,20H,4-8,10-12H2,1-3H3. The third kappa shape index (κ3) is 3.72. The summed E-state index contributed by atoms with van der Waals surface area (Å²) in [6.07, 6.45) is 11.1. The van der Waals surface area contributed by atoms with E-state index in [0.717, 1.165) is 31.4 Å². The van der Waals surface area contributed by atoms with Crippen LogP contribution < -0.4 is 0 Å². The number of allylic oxidation sites excluding steroid dienone is 1. The summed E-state index contributed by atoms with van der Waals surface area (Å²) >= 11 is 0. The Morgan fingerprint density at radius 3 is 2.70 bits per heavy atom. The fourth-order valence-corrected chi connectivity index (χ4v) is 3.16. The predicted octanol–water partition coefficient (Wildman–Crippen LogP) is 3.61. The van der Waals surface area contributed by atoms with Crippen LogP contribution in [0.4, 0.5) is 0 Å². The average Bonchev–Trinajstić information content (AvgIpc) is 2.60. The molecule has 1 atom stereocenters. The lowest BCUT2D eigenvalue weighted by Crippen LogP contribution is -2.13. The zero-order chi connectivity index (χ0) is 14.5. The molecule has 0 bridgehead atoms. The molecule has 0 amide bonds. The Labute approximate surface area is 122 Å². The van der Waals surface area contributed by atoms with Crippen LogP contribution in [0, 0.1) is 13.8 Å². The molecule has 1 unspecified atom stereocenters. The molecule has 0 saturated carbocycles. The molecule has 2 rings (SSSR count). The molecular weight excluding hydrogens is 248 g/mol. The summed E-state index contributed by atoms with van der Waals surface area (Å²) in [5.74, 6) is 0. The highest BCUT2D eigenvalue weighted by Crippen LogP contribution is 2.23. The minimum atomic E-state index is -0.271. The molecule has 3 nitrogen and oxygen atoms in total. The highest BCUT2D eigenvalue weighted by molar-refractivity contribution is 5.25. The van der Waals surface area contributed by atoms with Crippen LogP contribution in [0.2, 0.25) is 0 Å². The third-order valence-electron chi connectivity index (χ3n) is 4.58. The lowest BCUT2D eigenvalue weighted by molar-refractivity contribution is 0.194. The van der Waals surface area contributed by atoms with Crippen molar-refractivity contribution in [3.63, 3.8) is 0 Å². The summed E-state index contributed by atoms with van der Waals surface area (Å²) in [5, 5.41) is 14.9. The average molecular weight is 276 g/mol. The van der Waals surface area contributed by atoms with Gasteiger partial charge in [0.25, 0.3) is 0 Å². The van der Waals surface area contributed by atoms with Gasteiger partial charge in [-0.3, -0.25) is 4.68 Å². The molecule has 0 radical (unpaired) electrons. The molecule has 0 aromatic carbocycles. The number of aliphatic hydroxyl groups excluding tert-OH is 1. The van der Waals surface area contributed by atoms with Gasteiger partial charge in [-0.2, -0.15) is 5.10 Å². The molecule has 1 N–H and O–H groups in total. The first-order valence-electron chi connectivity index (χ1n) is 7.95. The van der Waals surface area contributed by atoms with Crippen molar-refractivity contribution < 1.29 is 5.11 Å². The SMILES string of the molecule is Cc1nn(C)c(C)c1CCC(O)C1=CCCCCCC1. The Morgan fingerprint density at radius 2 is 2.00 bits per heavy atom. The number of nitrogens with zero attached hydrogens (tertiary/aromatic N) is 2. The van der Waals surface area contributed by atoms with Crippen LogP contribution in [0.5, 0.6) is 0 Å². The number of hydrogen-bond donors (Lipinski definition) is 1. The summed E-state index contributed by atoms with van der Waals surface area (Å²) in [5.41, 5.74) is 4.90. The fraction of sp³-hybridized carbons (Fsp3) is 0.706. The number of aryl methyl sites for hydroxylation is 2. The number of aliphatic hydroxyl groups is 1. The molecular formula is C17H28N2O. The van der Waals surface area contributed by atoms with Crippen LogP contribution in [-0.4, -0.2) is 21.0 Å². The molecule has 1 aliphatic carbocycles. The summed E-state index contributed by atoms with van der Waals surface area (Å²) < 4.78 is 1.94. The van der Waals surface area contributed by atoms with Gasteiger partial charge in [0.05, 0.1) is 11.8 Å². The van der Waals surface area contributed by atoms with Crippen molar-refractivity contribution in [3.8, 4) is 0 Å². The van der Waals surface area contributed by atoms with E-state index in [2.05, 4.69) is 25.0 Å². The maximum absolute atomic E-state index is 10.4. The summed E-state index contributed by atoms with van der Waals surface area (Å²) in [6, 6.07) is 0. The minimum Gasteiger partial charge on any atom is -0.389 e. The van der Waals surface area contributed by atoms with Gasteiger partial charge in [0.2, 0.25) is 0 Å². The number of hydrogen-bond acceptors (Lipinski definition) is 2. The quantitative estimate of drug-likeness (QED) is 0.853. The highest BCUT2D eigenvalue weighted by Gasteiger charge is 2.15. The van der Waals surface area contributed by atoms with Gasteiger partial charge in [0, 0.05) is 12.7 Å². The molecule has 0 aliphatic heterocycles. The molecule has 0 saturated heterocycles. The molecule has 20 heavy (non-hydrogen) atoms. The Bertz CT molecular complexity index is 474. The largest absolute Gasteiger partial charge is 0.389 e. The second-order valence-electron chi connectivity index (χ2n) is 6.06. The predicted molar refractivity (Wildman–Crippen MR) is 82.8 cm³/mol. The van der Waals surface area contributed by atoms with Gasteiger partial charge < -0.3 is 5.11 Å². The van der Waals surface area contributed by atoms with Crippen LogP contribution in [-0.2, 0) is 13.5 Å². The van der Waals surface area contributed by atoms with Gasteiger partial charge in [0.15, 0.2) is 0 Å². The first-order valence-corrected chi connectivity index (χ1v) is 7.95. The van der Waals surface area contributed by atoms with E-state index < -0.39 is 0 Å². The second kappa shape index (κ2) is 7.07. The van der Waals surface area contributed by atoms with E-state index in [4.69, 9.17) is 0 Å². The first-order chi connectivity index (χ1) is 9.59. The van der Waals surface area contributed by atoms with E-state index in [9.17, 15) is 5.11 Å². The molecule has 0 fully saturated rings. The van der Waals surface area contributed by atoms with Gasteiger partial charge in [0.1, 0.15) is 0 Å². The fourth-order valence-electron chi connectivity index (χ4n) is 3.16. The highest BCUT2D eigenvalue weighted by atomic mass is 16.3. The van der Waals surface area contributed by atoms with E-state index >= 15 is 0 Å². The van der Waals surface area contributed by atoms with E-state index in [1.54, 1.807) is 0 Å². The summed E-state index contributed by atoms with van der Waals surface area (Å²) in [4.78, 5) is 0. The van der Waals surface area contributed by atoms with Crippen molar-refractivity contribution in [2.24, 2.45) is 7.05 Å². The monoisotopic (exact) mass is 276 g/mol. The molecule has 1 heterocycles. The van der Waals surface area contributed by atoms with Crippen molar-refractivity contribution in [1.29, 1.82) is 0 Å². The van der Waals surface area contributed by atoms with Crippen LogP contribution in [0.25, 0.3) is 0 Å². The van der Waals surface area contributed by atoms with Crippen LogP contribution in [0.1, 0.15) is 61.9 Å². The van der Waals surface area contributed by atoms with Crippen molar-refractivity contribution in [2.45, 2.75) is 71.3 Å². The Morgan fingerprint density at radius 1 is 1.25 bits per heavy atom. The van der Waals surface area contributed by atoms with Gasteiger partial charge in [-0.1, -0.05) is 18.9 Å². The van der Waals surface area contributed by atoms with Crippen LogP contribution in [0.3, 0.4) is 0 Å².